The molecule has 7 nitrogen and oxygen atoms in total. The molecule has 1 saturated heterocycles. The lowest BCUT2D eigenvalue weighted by Crippen LogP contribution is -2.44. The monoisotopic (exact) mass is 397 g/mol. The second-order valence-corrected chi connectivity index (χ2v) is 8.21. The molecule has 1 unspecified atom stereocenters. The first kappa shape index (κ1) is 18.9. The standard InChI is InChI=1S/C17H20ClN3O4S/c1-2-24-14-5-7-16(8-6-14)26(22,23)21-9-3-4-15(12-21)25-17-19-10-13(18)11-20-17/h5-8,10-11,15H,2-4,9,12H2,1H3. The molecule has 0 aliphatic carbocycles. The van der Waals surface area contributed by atoms with Crippen molar-refractivity contribution in [2.24, 2.45) is 0 Å². The smallest absolute Gasteiger partial charge is 0.316 e. The van der Waals surface area contributed by atoms with Crippen molar-refractivity contribution < 1.29 is 17.9 Å². The highest BCUT2D eigenvalue weighted by atomic mass is 35.5. The molecule has 0 amide bonds. The Balaban J connectivity index is 1.70. The molecule has 2 aromatic rings. The summed E-state index contributed by atoms with van der Waals surface area (Å²) in [5, 5.41) is 0.417. The molecule has 1 aromatic carbocycles. The van der Waals surface area contributed by atoms with Crippen molar-refractivity contribution in [2.75, 3.05) is 19.7 Å². The second kappa shape index (κ2) is 8.20. The molecule has 1 aromatic heterocycles. The molecular formula is C17H20ClN3O4S. The second-order valence-electron chi connectivity index (χ2n) is 5.83. The molecule has 1 aliphatic heterocycles. The van der Waals surface area contributed by atoms with E-state index in [1.165, 1.54) is 16.7 Å². The van der Waals surface area contributed by atoms with E-state index in [2.05, 4.69) is 9.97 Å². The van der Waals surface area contributed by atoms with Crippen LogP contribution in [0.25, 0.3) is 0 Å². The maximum Gasteiger partial charge on any atom is 0.316 e. The number of aromatic nitrogens is 2. The Labute approximate surface area is 158 Å². The Morgan fingerprint density at radius 3 is 2.58 bits per heavy atom. The summed E-state index contributed by atoms with van der Waals surface area (Å²) in [5.41, 5.74) is 0. The normalized spacial score (nSPS) is 18.5. The van der Waals surface area contributed by atoms with Crippen LogP contribution in [-0.4, -0.2) is 48.5 Å². The molecule has 1 fully saturated rings. The molecule has 0 N–H and O–H groups in total. The molecule has 0 radical (unpaired) electrons. The van der Waals surface area contributed by atoms with Gasteiger partial charge < -0.3 is 9.47 Å². The van der Waals surface area contributed by atoms with Gasteiger partial charge in [-0.15, -0.1) is 0 Å². The summed E-state index contributed by atoms with van der Waals surface area (Å²) >= 11 is 5.76. The number of nitrogens with zero attached hydrogens (tertiary/aromatic N) is 3. The molecular weight excluding hydrogens is 378 g/mol. The van der Waals surface area contributed by atoms with Gasteiger partial charge in [0.2, 0.25) is 10.0 Å². The van der Waals surface area contributed by atoms with Gasteiger partial charge in [-0.1, -0.05) is 11.6 Å². The van der Waals surface area contributed by atoms with Crippen molar-refractivity contribution in [3.8, 4) is 11.8 Å². The van der Waals surface area contributed by atoms with Crippen molar-refractivity contribution in [3.05, 3.63) is 41.7 Å². The average molecular weight is 398 g/mol. The van der Waals surface area contributed by atoms with Crippen LogP contribution in [0.5, 0.6) is 11.8 Å². The van der Waals surface area contributed by atoms with Crippen LogP contribution in [0.3, 0.4) is 0 Å². The lowest BCUT2D eigenvalue weighted by molar-refractivity contribution is 0.119. The highest BCUT2D eigenvalue weighted by molar-refractivity contribution is 7.89. The van der Waals surface area contributed by atoms with Gasteiger partial charge in [0.05, 0.1) is 35.5 Å². The molecule has 2 heterocycles. The molecule has 0 saturated carbocycles. The third-order valence-corrected chi connectivity index (χ3v) is 6.06. The van der Waals surface area contributed by atoms with Crippen LogP contribution in [0.2, 0.25) is 5.02 Å². The number of halogens is 1. The van der Waals surface area contributed by atoms with Crippen molar-refractivity contribution in [2.45, 2.75) is 30.8 Å². The van der Waals surface area contributed by atoms with Crippen LogP contribution in [0.4, 0.5) is 0 Å². The van der Waals surface area contributed by atoms with Gasteiger partial charge in [-0.05, 0) is 44.0 Å². The zero-order valence-corrected chi connectivity index (χ0v) is 15.9. The summed E-state index contributed by atoms with van der Waals surface area (Å²) in [7, 11) is -3.59. The largest absolute Gasteiger partial charge is 0.494 e. The number of sulfonamides is 1. The van der Waals surface area contributed by atoms with Gasteiger partial charge in [-0.3, -0.25) is 0 Å². The van der Waals surface area contributed by atoms with Crippen LogP contribution in [-0.2, 0) is 10.0 Å². The predicted octanol–water partition coefficient (Wildman–Crippen LogP) is 2.76. The third-order valence-electron chi connectivity index (χ3n) is 3.98. The summed E-state index contributed by atoms with van der Waals surface area (Å²) in [4.78, 5) is 8.24. The Bertz CT molecular complexity index is 828. The first-order valence-corrected chi connectivity index (χ1v) is 10.2. The quantitative estimate of drug-likeness (QED) is 0.745. The molecule has 9 heteroatoms. The van der Waals surface area contributed by atoms with Crippen LogP contribution in [0.15, 0.2) is 41.6 Å². The zero-order chi connectivity index (χ0) is 18.6. The van der Waals surface area contributed by atoms with E-state index >= 15 is 0 Å². The third kappa shape index (κ3) is 4.44. The van der Waals surface area contributed by atoms with E-state index < -0.39 is 10.0 Å². The fourth-order valence-electron chi connectivity index (χ4n) is 2.75. The van der Waals surface area contributed by atoms with E-state index in [9.17, 15) is 8.42 Å². The van der Waals surface area contributed by atoms with Crippen molar-refractivity contribution in [3.63, 3.8) is 0 Å². The number of ether oxygens (including phenoxy) is 2. The lowest BCUT2D eigenvalue weighted by Gasteiger charge is -2.31. The van der Waals surface area contributed by atoms with E-state index in [-0.39, 0.29) is 23.6 Å². The number of hydrogen-bond donors (Lipinski definition) is 0. The molecule has 26 heavy (non-hydrogen) atoms. The molecule has 140 valence electrons. The Morgan fingerprint density at radius 2 is 1.92 bits per heavy atom. The average Bonchev–Trinajstić information content (AvgIpc) is 2.65. The van der Waals surface area contributed by atoms with Crippen LogP contribution < -0.4 is 9.47 Å². The molecule has 1 atom stereocenters. The van der Waals surface area contributed by atoms with E-state index in [1.807, 2.05) is 6.92 Å². The molecule has 0 bridgehead atoms. The van der Waals surface area contributed by atoms with Gasteiger partial charge in [0.25, 0.3) is 0 Å². The topological polar surface area (TPSA) is 81.6 Å². The highest BCUT2D eigenvalue weighted by Crippen LogP contribution is 2.24. The van der Waals surface area contributed by atoms with Crippen molar-refractivity contribution in [1.82, 2.24) is 14.3 Å². The summed E-state index contributed by atoms with van der Waals surface area (Å²) in [5.74, 6) is 0.645. The van der Waals surface area contributed by atoms with Gasteiger partial charge in [0.1, 0.15) is 11.9 Å². The maximum absolute atomic E-state index is 12.9. The van der Waals surface area contributed by atoms with E-state index in [1.54, 1.807) is 24.3 Å². The van der Waals surface area contributed by atoms with Crippen molar-refractivity contribution in [1.29, 1.82) is 0 Å². The lowest BCUT2D eigenvalue weighted by atomic mass is 10.1. The summed E-state index contributed by atoms with van der Waals surface area (Å²) in [6, 6.07) is 6.64. The minimum Gasteiger partial charge on any atom is -0.494 e. The fraction of sp³-hybridized carbons (Fsp3) is 0.412. The first-order valence-electron chi connectivity index (χ1n) is 8.36. The van der Waals surface area contributed by atoms with Crippen LogP contribution in [0, 0.1) is 0 Å². The summed E-state index contributed by atoms with van der Waals surface area (Å²) in [6.07, 6.45) is 4.03. The summed E-state index contributed by atoms with van der Waals surface area (Å²) < 4.78 is 38.3. The first-order chi connectivity index (χ1) is 12.5. The zero-order valence-electron chi connectivity index (χ0n) is 14.3. The Hall–Kier alpha value is -1.90. The molecule has 3 rings (SSSR count). The maximum atomic E-state index is 12.9. The minimum atomic E-state index is -3.59. The van der Waals surface area contributed by atoms with Gasteiger partial charge >= 0.3 is 6.01 Å². The van der Waals surface area contributed by atoms with Crippen molar-refractivity contribution >= 4 is 21.6 Å². The van der Waals surface area contributed by atoms with E-state index in [0.29, 0.717) is 30.3 Å². The fourth-order valence-corrected chi connectivity index (χ4v) is 4.36. The van der Waals surface area contributed by atoms with Gasteiger partial charge in [0.15, 0.2) is 0 Å². The SMILES string of the molecule is CCOc1ccc(S(=O)(=O)N2CCCC(Oc3ncc(Cl)cn3)C2)cc1. The van der Waals surface area contributed by atoms with Crippen LogP contribution >= 0.6 is 11.6 Å². The highest BCUT2D eigenvalue weighted by Gasteiger charge is 2.31. The minimum absolute atomic E-state index is 0.194. The van der Waals surface area contributed by atoms with Gasteiger partial charge in [-0.25, -0.2) is 18.4 Å². The van der Waals surface area contributed by atoms with Crippen LogP contribution in [0.1, 0.15) is 19.8 Å². The number of piperidine rings is 1. The number of benzene rings is 1. The van der Waals surface area contributed by atoms with E-state index in [4.69, 9.17) is 21.1 Å². The number of rotatable bonds is 6. The predicted molar refractivity (Wildman–Crippen MR) is 97.1 cm³/mol. The Kier molecular flexibility index (Phi) is 5.95. The van der Waals surface area contributed by atoms with Gasteiger partial charge in [0, 0.05) is 6.54 Å². The van der Waals surface area contributed by atoms with E-state index in [0.717, 1.165) is 6.42 Å². The molecule has 1 aliphatic rings. The Morgan fingerprint density at radius 1 is 1.23 bits per heavy atom. The molecule has 0 spiro atoms. The number of hydrogen-bond acceptors (Lipinski definition) is 6. The van der Waals surface area contributed by atoms with Gasteiger partial charge in [-0.2, -0.15) is 4.31 Å². The summed E-state index contributed by atoms with van der Waals surface area (Å²) in [6.45, 7) is 3.12.